The van der Waals surface area contributed by atoms with E-state index in [0.717, 1.165) is 25.0 Å². The van der Waals surface area contributed by atoms with Crippen LogP contribution in [0.3, 0.4) is 0 Å². The number of carbonyl (C=O) groups excluding carboxylic acids is 1. The zero-order valence-electron chi connectivity index (χ0n) is 18.2. The molecule has 1 amide bonds. The van der Waals surface area contributed by atoms with Crippen molar-refractivity contribution >= 4 is 11.9 Å². The molecule has 4 N–H and O–H groups in total. The van der Waals surface area contributed by atoms with Crippen LogP contribution in [-0.4, -0.2) is 66.7 Å². The third-order valence-corrected chi connectivity index (χ3v) is 6.05. The summed E-state index contributed by atoms with van der Waals surface area (Å²) in [5.41, 5.74) is 0.470. The Morgan fingerprint density at radius 3 is 2.63 bits per heavy atom. The van der Waals surface area contributed by atoms with Crippen LogP contribution in [0.15, 0.2) is 29.3 Å². The van der Waals surface area contributed by atoms with Crippen molar-refractivity contribution in [2.24, 2.45) is 4.99 Å². The second kappa shape index (κ2) is 11.8. The van der Waals surface area contributed by atoms with Crippen molar-refractivity contribution in [3.63, 3.8) is 0 Å². The Labute approximate surface area is 180 Å². The van der Waals surface area contributed by atoms with Crippen LogP contribution in [0.4, 0.5) is 0 Å². The molecule has 30 heavy (non-hydrogen) atoms. The number of aromatic hydroxyl groups is 1. The van der Waals surface area contributed by atoms with Gasteiger partial charge in [0.1, 0.15) is 5.75 Å². The van der Waals surface area contributed by atoms with Crippen LogP contribution < -0.4 is 16.0 Å². The Hall–Kier alpha value is -2.28. The normalized spacial score (nSPS) is 19.0. The van der Waals surface area contributed by atoms with Crippen LogP contribution in [0.1, 0.15) is 62.2 Å². The SMILES string of the molecule is CCNC(=NCCCNC(=O)c1cccc(O)c1)NC1CCN(C2CCCC2)CC1. The van der Waals surface area contributed by atoms with Crippen molar-refractivity contribution in [3.8, 4) is 5.75 Å². The molecule has 2 fully saturated rings. The summed E-state index contributed by atoms with van der Waals surface area (Å²) >= 11 is 0. The van der Waals surface area contributed by atoms with Gasteiger partial charge in [0.25, 0.3) is 5.91 Å². The van der Waals surface area contributed by atoms with Gasteiger partial charge in [-0.2, -0.15) is 0 Å². The molecule has 0 spiro atoms. The van der Waals surface area contributed by atoms with Crippen molar-refractivity contribution in [1.29, 1.82) is 0 Å². The fourth-order valence-electron chi connectivity index (χ4n) is 4.41. The minimum Gasteiger partial charge on any atom is -0.508 e. The minimum absolute atomic E-state index is 0.0997. The number of amides is 1. The summed E-state index contributed by atoms with van der Waals surface area (Å²) in [4.78, 5) is 19.5. The molecule has 0 radical (unpaired) electrons. The number of hydrogen-bond donors (Lipinski definition) is 4. The molecule has 1 heterocycles. The van der Waals surface area contributed by atoms with Gasteiger partial charge in [-0.1, -0.05) is 18.9 Å². The van der Waals surface area contributed by atoms with Crippen molar-refractivity contribution in [3.05, 3.63) is 29.8 Å². The molecule has 1 aliphatic heterocycles. The number of phenols is 1. The van der Waals surface area contributed by atoms with E-state index >= 15 is 0 Å². The molecule has 1 aromatic carbocycles. The molecule has 166 valence electrons. The second-order valence-corrected chi connectivity index (χ2v) is 8.31. The first kappa shape index (κ1) is 22.4. The van der Waals surface area contributed by atoms with E-state index in [-0.39, 0.29) is 11.7 Å². The molecular weight excluding hydrogens is 378 g/mol. The molecule has 1 saturated heterocycles. The summed E-state index contributed by atoms with van der Waals surface area (Å²) in [5.74, 6) is 0.799. The monoisotopic (exact) mass is 415 g/mol. The Morgan fingerprint density at radius 1 is 1.17 bits per heavy atom. The zero-order valence-corrected chi connectivity index (χ0v) is 18.2. The Bertz CT molecular complexity index is 695. The van der Waals surface area contributed by atoms with Gasteiger partial charge in [0.2, 0.25) is 0 Å². The fraction of sp³-hybridized carbons (Fsp3) is 0.652. The highest BCUT2D eigenvalue weighted by Crippen LogP contribution is 2.26. The van der Waals surface area contributed by atoms with Gasteiger partial charge in [0, 0.05) is 50.4 Å². The highest BCUT2D eigenvalue weighted by atomic mass is 16.3. The highest BCUT2D eigenvalue weighted by Gasteiger charge is 2.27. The number of rotatable bonds is 8. The first-order valence-corrected chi connectivity index (χ1v) is 11.5. The third-order valence-electron chi connectivity index (χ3n) is 6.05. The van der Waals surface area contributed by atoms with E-state index in [2.05, 4.69) is 32.8 Å². The van der Waals surface area contributed by atoms with Gasteiger partial charge >= 0.3 is 0 Å². The van der Waals surface area contributed by atoms with Crippen LogP contribution in [0.25, 0.3) is 0 Å². The molecule has 1 aromatic rings. The molecule has 2 aliphatic rings. The smallest absolute Gasteiger partial charge is 0.251 e. The van der Waals surface area contributed by atoms with E-state index in [1.54, 1.807) is 18.2 Å². The molecule has 3 rings (SSSR count). The van der Waals surface area contributed by atoms with Gasteiger partial charge in [-0.05, 0) is 57.2 Å². The lowest BCUT2D eigenvalue weighted by molar-refractivity contribution is 0.0953. The molecule has 1 aliphatic carbocycles. The number of hydrogen-bond acceptors (Lipinski definition) is 4. The Kier molecular flexibility index (Phi) is 8.81. The third kappa shape index (κ3) is 6.90. The maximum atomic E-state index is 12.1. The number of phenolic OH excluding ortho intramolecular Hbond substituents is 1. The minimum atomic E-state index is -0.172. The number of guanidine groups is 1. The van der Waals surface area contributed by atoms with Crippen LogP contribution in [0, 0.1) is 0 Å². The summed E-state index contributed by atoms with van der Waals surface area (Å²) < 4.78 is 0. The maximum absolute atomic E-state index is 12.1. The first-order chi connectivity index (χ1) is 14.7. The number of piperidine rings is 1. The highest BCUT2D eigenvalue weighted by molar-refractivity contribution is 5.94. The summed E-state index contributed by atoms with van der Waals surface area (Å²) in [6, 6.07) is 7.69. The summed E-state index contributed by atoms with van der Waals surface area (Å²) in [6.07, 6.45) is 8.65. The topological polar surface area (TPSA) is 89.0 Å². The number of nitrogens with zero attached hydrogens (tertiary/aromatic N) is 2. The molecule has 0 unspecified atom stereocenters. The van der Waals surface area contributed by atoms with Gasteiger partial charge < -0.3 is 26.0 Å². The van der Waals surface area contributed by atoms with E-state index in [9.17, 15) is 9.90 Å². The quantitative estimate of drug-likeness (QED) is 0.298. The molecule has 0 atom stereocenters. The molecule has 0 bridgehead atoms. The zero-order chi connectivity index (χ0) is 21.2. The first-order valence-electron chi connectivity index (χ1n) is 11.5. The molecule has 7 nitrogen and oxygen atoms in total. The Balaban J connectivity index is 1.36. The molecular formula is C23H37N5O2. The van der Waals surface area contributed by atoms with Crippen molar-refractivity contribution in [1.82, 2.24) is 20.9 Å². The summed E-state index contributed by atoms with van der Waals surface area (Å²) in [7, 11) is 0. The van der Waals surface area contributed by atoms with Gasteiger partial charge in [0.15, 0.2) is 5.96 Å². The number of carbonyl (C=O) groups is 1. The number of likely N-dealkylation sites (tertiary alicyclic amines) is 1. The standard InChI is InChI=1S/C23H37N5O2/c1-2-24-23(27-19-11-15-28(16-12-19)20-8-3-4-9-20)26-14-6-13-25-22(30)18-7-5-10-21(29)17-18/h5,7,10,17,19-20,29H,2-4,6,8-9,11-16H2,1H3,(H,25,30)(H2,24,26,27). The van der Waals surface area contributed by atoms with Crippen LogP contribution in [0.2, 0.25) is 0 Å². The number of nitrogens with one attached hydrogen (secondary N) is 3. The van der Waals surface area contributed by atoms with Gasteiger partial charge in [0.05, 0.1) is 0 Å². The van der Waals surface area contributed by atoms with Crippen molar-refractivity contribution < 1.29 is 9.90 Å². The van der Waals surface area contributed by atoms with E-state index in [1.165, 1.54) is 57.7 Å². The van der Waals surface area contributed by atoms with E-state index < -0.39 is 0 Å². The lowest BCUT2D eigenvalue weighted by Gasteiger charge is -2.36. The van der Waals surface area contributed by atoms with Crippen molar-refractivity contribution in [2.45, 2.75) is 64.0 Å². The average Bonchev–Trinajstić information content (AvgIpc) is 3.29. The molecule has 7 heteroatoms. The van der Waals surface area contributed by atoms with E-state index in [4.69, 9.17) is 0 Å². The lowest BCUT2D eigenvalue weighted by Crippen LogP contribution is -2.50. The maximum Gasteiger partial charge on any atom is 0.251 e. The van der Waals surface area contributed by atoms with Gasteiger partial charge in [-0.15, -0.1) is 0 Å². The van der Waals surface area contributed by atoms with Gasteiger partial charge in [-0.3, -0.25) is 9.79 Å². The predicted octanol–water partition coefficient (Wildman–Crippen LogP) is 2.47. The lowest BCUT2D eigenvalue weighted by atomic mass is 10.0. The average molecular weight is 416 g/mol. The number of benzene rings is 1. The second-order valence-electron chi connectivity index (χ2n) is 8.31. The van der Waals surface area contributed by atoms with Crippen molar-refractivity contribution in [2.75, 3.05) is 32.7 Å². The van der Waals surface area contributed by atoms with E-state index in [1.807, 2.05) is 0 Å². The molecule has 0 aromatic heterocycles. The summed E-state index contributed by atoms with van der Waals surface area (Å²) in [6.45, 7) is 6.48. The summed E-state index contributed by atoms with van der Waals surface area (Å²) in [5, 5.41) is 19.3. The fourth-order valence-corrected chi connectivity index (χ4v) is 4.41. The molecule has 1 saturated carbocycles. The van der Waals surface area contributed by atoms with Crippen LogP contribution in [0.5, 0.6) is 5.75 Å². The van der Waals surface area contributed by atoms with Crippen LogP contribution in [-0.2, 0) is 0 Å². The Morgan fingerprint density at radius 2 is 1.93 bits per heavy atom. The van der Waals surface area contributed by atoms with Crippen LogP contribution >= 0.6 is 0 Å². The number of aliphatic imine (C=N–C) groups is 1. The van der Waals surface area contributed by atoms with Gasteiger partial charge in [-0.25, -0.2) is 0 Å². The van der Waals surface area contributed by atoms with E-state index in [0.29, 0.717) is 24.7 Å². The predicted molar refractivity (Wildman–Crippen MR) is 121 cm³/mol. The largest absolute Gasteiger partial charge is 0.508 e.